The number of carbonyl (C=O) groups excluding carboxylic acids is 1. The highest BCUT2D eigenvalue weighted by atomic mass is 16.5. The Balaban J connectivity index is 1.38. The minimum absolute atomic E-state index is 0.0629. The summed E-state index contributed by atoms with van der Waals surface area (Å²) in [4.78, 5) is 20.5. The maximum absolute atomic E-state index is 12.1. The smallest absolute Gasteiger partial charge is 0.228 e. The average Bonchev–Trinajstić information content (AvgIpc) is 3.25. The molecule has 2 aromatic heterocycles. The van der Waals surface area contributed by atoms with Crippen LogP contribution >= 0.6 is 0 Å². The Kier molecular flexibility index (Phi) is 5.11. The molecule has 0 saturated carbocycles. The summed E-state index contributed by atoms with van der Waals surface area (Å²) in [6.45, 7) is 0. The van der Waals surface area contributed by atoms with Gasteiger partial charge in [0, 0.05) is 24.1 Å². The first-order valence-corrected chi connectivity index (χ1v) is 8.83. The number of amides is 1. The van der Waals surface area contributed by atoms with E-state index in [-0.39, 0.29) is 5.91 Å². The number of aromatic nitrogens is 3. The summed E-state index contributed by atoms with van der Waals surface area (Å²) in [5.74, 6) is 1.73. The van der Waals surface area contributed by atoms with Crippen molar-refractivity contribution in [3.63, 3.8) is 0 Å². The number of anilines is 1. The predicted molar refractivity (Wildman–Crippen MR) is 107 cm³/mol. The number of ether oxygens (including phenoxy) is 1. The summed E-state index contributed by atoms with van der Waals surface area (Å²) in [6, 6.07) is 22.4. The van der Waals surface area contributed by atoms with Gasteiger partial charge in [-0.2, -0.15) is 0 Å². The van der Waals surface area contributed by atoms with Gasteiger partial charge in [-0.05, 0) is 42.0 Å². The molecule has 0 unspecified atom stereocenters. The van der Waals surface area contributed by atoms with Crippen LogP contribution in [0.2, 0.25) is 0 Å². The van der Waals surface area contributed by atoms with Crippen LogP contribution < -0.4 is 10.1 Å². The van der Waals surface area contributed by atoms with Crippen molar-refractivity contribution in [2.75, 3.05) is 5.32 Å². The number of carbonyl (C=O) groups is 1. The van der Waals surface area contributed by atoms with Crippen molar-refractivity contribution < 1.29 is 9.53 Å². The number of nitrogens with one attached hydrogen (secondary N) is 1. The molecule has 6 heteroatoms. The Morgan fingerprint density at radius 1 is 0.929 bits per heavy atom. The number of hydrogen-bond donors (Lipinski definition) is 1. The van der Waals surface area contributed by atoms with E-state index in [1.54, 1.807) is 30.3 Å². The van der Waals surface area contributed by atoms with Gasteiger partial charge in [0.15, 0.2) is 0 Å². The van der Waals surface area contributed by atoms with E-state index in [2.05, 4.69) is 15.3 Å². The van der Waals surface area contributed by atoms with Crippen molar-refractivity contribution >= 4 is 11.6 Å². The van der Waals surface area contributed by atoms with Crippen LogP contribution in [0.3, 0.4) is 0 Å². The van der Waals surface area contributed by atoms with Gasteiger partial charge in [0.05, 0.1) is 6.42 Å². The van der Waals surface area contributed by atoms with E-state index in [4.69, 9.17) is 4.74 Å². The zero-order valence-corrected chi connectivity index (χ0v) is 15.0. The summed E-state index contributed by atoms with van der Waals surface area (Å²) in [6.07, 6.45) is 5.60. The van der Waals surface area contributed by atoms with Gasteiger partial charge < -0.3 is 14.6 Å². The Morgan fingerprint density at radius 3 is 2.43 bits per heavy atom. The molecule has 0 radical (unpaired) electrons. The van der Waals surface area contributed by atoms with Crippen LogP contribution in [0.4, 0.5) is 5.69 Å². The van der Waals surface area contributed by atoms with E-state index < -0.39 is 0 Å². The van der Waals surface area contributed by atoms with Crippen LogP contribution in [0.5, 0.6) is 11.6 Å². The lowest BCUT2D eigenvalue weighted by Gasteiger charge is -2.09. The molecule has 0 aliphatic rings. The molecule has 6 nitrogen and oxygen atoms in total. The van der Waals surface area contributed by atoms with Crippen LogP contribution in [0, 0.1) is 0 Å². The highest BCUT2D eigenvalue weighted by Gasteiger charge is 2.06. The van der Waals surface area contributed by atoms with Gasteiger partial charge in [0.25, 0.3) is 0 Å². The molecule has 0 atom stereocenters. The first kappa shape index (κ1) is 17.5. The fourth-order valence-electron chi connectivity index (χ4n) is 2.73. The SMILES string of the molecule is O=C(Cc1ccccc1)Nc1ccc(Oc2cc(-n3cccc3)ncn2)cc1. The largest absolute Gasteiger partial charge is 0.439 e. The first-order chi connectivity index (χ1) is 13.8. The third-order valence-electron chi connectivity index (χ3n) is 4.06. The molecular formula is C22H18N4O2. The van der Waals surface area contributed by atoms with E-state index in [0.29, 0.717) is 23.7 Å². The molecule has 1 amide bonds. The molecule has 0 aliphatic carbocycles. The van der Waals surface area contributed by atoms with Gasteiger partial charge in [-0.3, -0.25) is 4.79 Å². The Hall–Kier alpha value is -3.93. The van der Waals surface area contributed by atoms with E-state index in [1.165, 1.54) is 6.33 Å². The van der Waals surface area contributed by atoms with Crippen molar-refractivity contribution in [1.82, 2.24) is 14.5 Å². The van der Waals surface area contributed by atoms with Crippen LogP contribution in [-0.2, 0) is 11.2 Å². The monoisotopic (exact) mass is 370 g/mol. The second kappa shape index (κ2) is 8.18. The van der Waals surface area contributed by atoms with Crippen molar-refractivity contribution in [2.24, 2.45) is 0 Å². The highest BCUT2D eigenvalue weighted by molar-refractivity contribution is 5.92. The summed E-state index contributed by atoms with van der Waals surface area (Å²) in [5.41, 5.74) is 1.69. The molecule has 138 valence electrons. The van der Waals surface area contributed by atoms with Gasteiger partial charge >= 0.3 is 0 Å². The lowest BCUT2D eigenvalue weighted by molar-refractivity contribution is -0.115. The van der Waals surface area contributed by atoms with Crippen LogP contribution in [-0.4, -0.2) is 20.4 Å². The van der Waals surface area contributed by atoms with Gasteiger partial charge in [0.2, 0.25) is 11.8 Å². The average molecular weight is 370 g/mol. The number of hydrogen-bond acceptors (Lipinski definition) is 4. The van der Waals surface area contributed by atoms with E-state index in [9.17, 15) is 4.79 Å². The predicted octanol–water partition coefficient (Wildman–Crippen LogP) is 4.24. The molecule has 0 aliphatic heterocycles. The Morgan fingerprint density at radius 2 is 1.68 bits per heavy atom. The molecule has 0 spiro atoms. The fraction of sp³-hybridized carbons (Fsp3) is 0.0455. The molecule has 1 N–H and O–H groups in total. The van der Waals surface area contributed by atoms with Crippen molar-refractivity contribution in [1.29, 1.82) is 0 Å². The number of rotatable bonds is 6. The standard InChI is InChI=1S/C22H18N4O2/c27-21(14-17-6-2-1-3-7-17)25-18-8-10-19(11-9-18)28-22-15-20(23-16-24-22)26-12-4-5-13-26/h1-13,15-16H,14H2,(H,25,27). The molecule has 4 aromatic rings. The van der Waals surface area contributed by atoms with Crippen molar-refractivity contribution in [2.45, 2.75) is 6.42 Å². The van der Waals surface area contributed by atoms with E-state index in [1.807, 2.05) is 59.4 Å². The van der Waals surface area contributed by atoms with Crippen LogP contribution in [0.25, 0.3) is 5.82 Å². The zero-order valence-electron chi connectivity index (χ0n) is 15.0. The quantitative estimate of drug-likeness (QED) is 0.551. The third kappa shape index (κ3) is 4.42. The normalized spacial score (nSPS) is 10.4. The summed E-state index contributed by atoms with van der Waals surface area (Å²) < 4.78 is 7.67. The second-order valence-electron chi connectivity index (χ2n) is 6.14. The molecule has 28 heavy (non-hydrogen) atoms. The van der Waals surface area contributed by atoms with E-state index in [0.717, 1.165) is 11.4 Å². The molecule has 4 rings (SSSR count). The van der Waals surface area contributed by atoms with E-state index >= 15 is 0 Å². The summed E-state index contributed by atoms with van der Waals surface area (Å²) >= 11 is 0. The molecule has 0 bridgehead atoms. The number of benzene rings is 2. The number of nitrogens with zero attached hydrogens (tertiary/aromatic N) is 3. The van der Waals surface area contributed by atoms with Gasteiger partial charge in [0.1, 0.15) is 17.9 Å². The molecule has 2 aromatic carbocycles. The third-order valence-corrected chi connectivity index (χ3v) is 4.06. The van der Waals surface area contributed by atoms with Gasteiger partial charge in [-0.1, -0.05) is 30.3 Å². The minimum Gasteiger partial charge on any atom is -0.439 e. The molecular weight excluding hydrogens is 352 g/mol. The highest BCUT2D eigenvalue weighted by Crippen LogP contribution is 2.22. The lowest BCUT2D eigenvalue weighted by atomic mass is 10.1. The maximum atomic E-state index is 12.1. The van der Waals surface area contributed by atoms with Crippen LogP contribution in [0.15, 0.2) is 91.5 Å². The molecule has 0 fully saturated rings. The minimum atomic E-state index is -0.0629. The zero-order chi connectivity index (χ0) is 19.2. The first-order valence-electron chi connectivity index (χ1n) is 8.83. The second-order valence-corrected chi connectivity index (χ2v) is 6.14. The molecule has 2 heterocycles. The van der Waals surface area contributed by atoms with Gasteiger partial charge in [-0.25, -0.2) is 9.97 Å². The lowest BCUT2D eigenvalue weighted by Crippen LogP contribution is -2.14. The van der Waals surface area contributed by atoms with Crippen molar-refractivity contribution in [3.05, 3.63) is 97.1 Å². The van der Waals surface area contributed by atoms with Crippen LogP contribution in [0.1, 0.15) is 5.56 Å². The topological polar surface area (TPSA) is 69.0 Å². The fourth-order valence-corrected chi connectivity index (χ4v) is 2.73. The summed E-state index contributed by atoms with van der Waals surface area (Å²) in [7, 11) is 0. The Bertz CT molecular complexity index is 1050. The summed E-state index contributed by atoms with van der Waals surface area (Å²) in [5, 5.41) is 2.89. The molecule has 0 saturated heterocycles. The van der Waals surface area contributed by atoms with Gasteiger partial charge in [-0.15, -0.1) is 0 Å². The maximum Gasteiger partial charge on any atom is 0.228 e. The Labute approximate surface area is 162 Å². The van der Waals surface area contributed by atoms with Crippen molar-refractivity contribution in [3.8, 4) is 17.4 Å².